The van der Waals surface area contributed by atoms with Gasteiger partial charge in [-0.05, 0) is 30.7 Å². The van der Waals surface area contributed by atoms with Gasteiger partial charge in [0, 0.05) is 23.2 Å². The van der Waals surface area contributed by atoms with Crippen molar-refractivity contribution in [1.82, 2.24) is 15.5 Å². The maximum absolute atomic E-state index is 13.1. The lowest BCUT2D eigenvalue weighted by Gasteiger charge is -2.10. The highest BCUT2D eigenvalue weighted by atomic mass is 32.2. The summed E-state index contributed by atoms with van der Waals surface area (Å²) in [5, 5.41) is 12.8. The van der Waals surface area contributed by atoms with Gasteiger partial charge in [-0.3, -0.25) is 4.79 Å². The van der Waals surface area contributed by atoms with Gasteiger partial charge in [-0.15, -0.1) is 10.2 Å². The van der Waals surface area contributed by atoms with Crippen molar-refractivity contribution >= 4 is 45.9 Å². The molecule has 1 amide bonds. The van der Waals surface area contributed by atoms with Crippen molar-refractivity contribution in [3.8, 4) is 5.75 Å². The normalized spacial score (nSPS) is 10.9. The van der Waals surface area contributed by atoms with Crippen LogP contribution < -0.4 is 10.1 Å². The summed E-state index contributed by atoms with van der Waals surface area (Å²) in [5.74, 6) is 0.324. The van der Waals surface area contributed by atoms with E-state index >= 15 is 0 Å². The van der Waals surface area contributed by atoms with Crippen molar-refractivity contribution in [2.75, 3.05) is 14.2 Å². The van der Waals surface area contributed by atoms with Crippen LogP contribution in [0.5, 0.6) is 5.75 Å². The SMILES string of the molecule is COC(=O)c1cc(CNC(=O)c2oc3ccccc3c2CSc2nnc(C)s2)ccc1OC. The van der Waals surface area contributed by atoms with E-state index in [1.165, 1.54) is 37.3 Å². The largest absolute Gasteiger partial charge is 0.496 e. The van der Waals surface area contributed by atoms with Crippen LogP contribution in [0.15, 0.2) is 51.2 Å². The number of ether oxygens (including phenoxy) is 2. The second-order valence-corrected chi connectivity index (χ2v) is 9.39. The van der Waals surface area contributed by atoms with Crippen molar-refractivity contribution < 1.29 is 23.5 Å². The van der Waals surface area contributed by atoms with Gasteiger partial charge >= 0.3 is 5.97 Å². The van der Waals surface area contributed by atoms with Crippen molar-refractivity contribution in [2.45, 2.75) is 23.6 Å². The third-order valence-electron chi connectivity index (χ3n) is 4.87. The second-order valence-electron chi connectivity index (χ2n) is 6.99. The smallest absolute Gasteiger partial charge is 0.341 e. The van der Waals surface area contributed by atoms with E-state index in [1.54, 1.807) is 18.2 Å². The monoisotopic (exact) mass is 483 g/mol. The molecule has 0 fully saturated rings. The molecule has 0 atom stereocenters. The first-order valence-electron chi connectivity index (χ1n) is 9.97. The summed E-state index contributed by atoms with van der Waals surface area (Å²) < 4.78 is 16.8. The standard InChI is InChI=1S/C23H21N3O5S2/c1-13-25-26-23(33-13)32-12-17-15-6-4-5-7-19(15)31-20(17)21(27)24-11-14-8-9-18(29-2)16(10-14)22(28)30-3/h4-10H,11-12H2,1-3H3,(H,24,27). The summed E-state index contributed by atoms with van der Waals surface area (Å²) in [6.45, 7) is 2.10. The van der Waals surface area contributed by atoms with E-state index in [0.717, 1.165) is 25.9 Å². The van der Waals surface area contributed by atoms with Crippen LogP contribution in [-0.2, 0) is 17.0 Å². The van der Waals surface area contributed by atoms with Crippen molar-refractivity contribution in [3.05, 3.63) is 69.9 Å². The average molecular weight is 484 g/mol. The van der Waals surface area contributed by atoms with Crippen LogP contribution in [0.3, 0.4) is 0 Å². The molecule has 0 saturated carbocycles. The number of nitrogens with zero attached hydrogens (tertiary/aromatic N) is 2. The predicted octanol–water partition coefficient (Wildman–Crippen LogP) is 4.61. The van der Waals surface area contributed by atoms with E-state index in [-0.39, 0.29) is 18.2 Å². The fourth-order valence-electron chi connectivity index (χ4n) is 3.29. The van der Waals surface area contributed by atoms with Gasteiger partial charge in [-0.1, -0.05) is 47.4 Å². The molecule has 0 radical (unpaired) electrons. The number of rotatable bonds is 8. The lowest BCUT2D eigenvalue weighted by atomic mass is 10.1. The quantitative estimate of drug-likeness (QED) is 0.286. The molecule has 0 aliphatic carbocycles. The van der Waals surface area contributed by atoms with Gasteiger partial charge in [0.15, 0.2) is 10.1 Å². The van der Waals surface area contributed by atoms with E-state index in [9.17, 15) is 9.59 Å². The van der Waals surface area contributed by atoms with Gasteiger partial charge in [-0.2, -0.15) is 0 Å². The highest BCUT2D eigenvalue weighted by molar-refractivity contribution is 8.00. The molecular weight excluding hydrogens is 462 g/mol. The van der Waals surface area contributed by atoms with E-state index in [4.69, 9.17) is 13.9 Å². The summed E-state index contributed by atoms with van der Waals surface area (Å²) in [6.07, 6.45) is 0. The van der Waals surface area contributed by atoms with E-state index in [0.29, 0.717) is 22.6 Å². The highest BCUT2D eigenvalue weighted by Gasteiger charge is 2.21. The van der Waals surface area contributed by atoms with Crippen LogP contribution >= 0.6 is 23.1 Å². The van der Waals surface area contributed by atoms with Gasteiger partial charge in [0.05, 0.1) is 14.2 Å². The summed E-state index contributed by atoms with van der Waals surface area (Å²) in [5.41, 5.74) is 2.45. The molecule has 0 aliphatic rings. The van der Waals surface area contributed by atoms with Gasteiger partial charge < -0.3 is 19.2 Å². The Morgan fingerprint density at radius 1 is 1.15 bits per heavy atom. The highest BCUT2D eigenvalue weighted by Crippen LogP contribution is 2.33. The number of benzene rings is 2. The third kappa shape index (κ3) is 5.01. The second kappa shape index (κ2) is 10.1. The third-order valence-corrected chi connectivity index (χ3v) is 6.87. The van der Waals surface area contributed by atoms with Crippen LogP contribution in [-0.4, -0.2) is 36.3 Å². The first kappa shape index (κ1) is 22.8. The fourth-order valence-corrected chi connectivity index (χ4v) is 5.14. The fraction of sp³-hybridized carbons (Fsp3) is 0.217. The molecule has 4 aromatic rings. The van der Waals surface area contributed by atoms with Crippen LogP contribution in [0.1, 0.15) is 37.0 Å². The number of aryl methyl sites for hydroxylation is 1. The number of hydrogen-bond donors (Lipinski definition) is 1. The first-order valence-corrected chi connectivity index (χ1v) is 11.8. The Morgan fingerprint density at radius 2 is 1.97 bits per heavy atom. The minimum Gasteiger partial charge on any atom is -0.496 e. The summed E-state index contributed by atoms with van der Waals surface area (Å²) >= 11 is 3.02. The minimum atomic E-state index is -0.511. The molecule has 4 rings (SSSR count). The summed E-state index contributed by atoms with van der Waals surface area (Å²) in [7, 11) is 2.79. The van der Waals surface area contributed by atoms with Crippen LogP contribution in [0.25, 0.3) is 11.0 Å². The Kier molecular flexibility index (Phi) is 6.95. The molecule has 170 valence electrons. The number of furan rings is 1. The zero-order valence-electron chi connectivity index (χ0n) is 18.2. The Morgan fingerprint density at radius 3 is 2.70 bits per heavy atom. The Bertz CT molecular complexity index is 1310. The van der Waals surface area contributed by atoms with Gasteiger partial charge in [-0.25, -0.2) is 4.79 Å². The number of amides is 1. The Hall–Kier alpha value is -3.37. The van der Waals surface area contributed by atoms with Gasteiger partial charge in [0.25, 0.3) is 5.91 Å². The number of esters is 1. The van der Waals surface area contributed by atoms with Gasteiger partial charge in [0.2, 0.25) is 0 Å². The van der Waals surface area contributed by atoms with Crippen molar-refractivity contribution in [1.29, 1.82) is 0 Å². The van der Waals surface area contributed by atoms with Crippen molar-refractivity contribution in [3.63, 3.8) is 0 Å². The molecule has 10 heteroatoms. The molecule has 2 aromatic carbocycles. The van der Waals surface area contributed by atoms with E-state index in [1.807, 2.05) is 31.2 Å². The van der Waals surface area contributed by atoms with Crippen molar-refractivity contribution in [2.24, 2.45) is 0 Å². The Labute approximate surface area is 198 Å². The van der Waals surface area contributed by atoms with E-state index < -0.39 is 5.97 Å². The minimum absolute atomic E-state index is 0.200. The molecular formula is C23H21N3O5S2. The lowest BCUT2D eigenvalue weighted by molar-refractivity contribution is 0.0597. The summed E-state index contributed by atoms with van der Waals surface area (Å²) in [6, 6.07) is 12.6. The molecule has 0 spiro atoms. The molecule has 33 heavy (non-hydrogen) atoms. The van der Waals surface area contributed by atoms with Crippen LogP contribution in [0, 0.1) is 6.92 Å². The first-order chi connectivity index (χ1) is 16.0. The number of aromatic nitrogens is 2. The maximum Gasteiger partial charge on any atom is 0.341 e. The number of thioether (sulfide) groups is 1. The molecule has 0 aliphatic heterocycles. The molecule has 2 heterocycles. The number of nitrogens with one attached hydrogen (secondary N) is 1. The van der Waals surface area contributed by atoms with Crippen LogP contribution in [0.4, 0.5) is 0 Å². The average Bonchev–Trinajstić information content (AvgIpc) is 3.43. The maximum atomic E-state index is 13.1. The van der Waals surface area contributed by atoms with Crippen LogP contribution in [0.2, 0.25) is 0 Å². The number of fused-ring (bicyclic) bond motifs is 1. The number of carbonyl (C=O) groups is 2. The number of para-hydroxylation sites is 1. The molecule has 8 nitrogen and oxygen atoms in total. The van der Waals surface area contributed by atoms with Gasteiger partial charge in [0.1, 0.15) is 21.9 Å². The lowest BCUT2D eigenvalue weighted by Crippen LogP contribution is -2.23. The molecule has 0 unspecified atom stereocenters. The number of carbonyl (C=O) groups excluding carboxylic acids is 2. The van der Waals surface area contributed by atoms with E-state index in [2.05, 4.69) is 15.5 Å². The summed E-state index contributed by atoms with van der Waals surface area (Å²) in [4.78, 5) is 25.1. The number of hydrogen-bond acceptors (Lipinski definition) is 9. The molecule has 2 aromatic heterocycles. The Balaban J connectivity index is 1.55. The molecule has 0 bridgehead atoms. The predicted molar refractivity (Wildman–Crippen MR) is 126 cm³/mol. The zero-order chi connectivity index (χ0) is 23.4. The number of methoxy groups -OCH3 is 2. The topological polar surface area (TPSA) is 104 Å². The zero-order valence-corrected chi connectivity index (χ0v) is 19.8. The molecule has 0 saturated heterocycles. The molecule has 1 N–H and O–H groups in total.